The Hall–Kier alpha value is -4.27. The molecule has 0 aliphatic heterocycles. The van der Waals surface area contributed by atoms with Crippen molar-refractivity contribution in [2.24, 2.45) is 5.16 Å². The number of anilines is 1. The lowest BCUT2D eigenvalue weighted by Crippen LogP contribution is -2.08. The van der Waals surface area contributed by atoms with Crippen molar-refractivity contribution in [1.82, 2.24) is 19.7 Å². The number of hydrogen-bond acceptors (Lipinski definition) is 6. The highest BCUT2D eigenvalue weighted by Crippen LogP contribution is 2.31. The van der Waals surface area contributed by atoms with Gasteiger partial charge in [0.05, 0.1) is 28.8 Å². The van der Waals surface area contributed by atoms with Gasteiger partial charge in [0.2, 0.25) is 0 Å². The molecule has 0 saturated carbocycles. The van der Waals surface area contributed by atoms with Gasteiger partial charge in [-0.2, -0.15) is 5.10 Å². The largest absolute Gasteiger partial charge is 0.465 e. The predicted molar refractivity (Wildman–Crippen MR) is 112 cm³/mol. The maximum Gasteiger partial charge on any atom is 0.409 e. The number of carboxylic acid groups (broad SMARTS) is 1. The molecule has 4 rings (SSSR count). The fourth-order valence-electron chi connectivity index (χ4n) is 3.17. The summed E-state index contributed by atoms with van der Waals surface area (Å²) in [5, 5.41) is 29.0. The van der Waals surface area contributed by atoms with Gasteiger partial charge in [-0.25, -0.2) is 19.4 Å². The minimum absolute atomic E-state index is 0.371. The summed E-state index contributed by atoms with van der Waals surface area (Å²) in [5.74, 6) is 0.619. The van der Waals surface area contributed by atoms with E-state index in [0.717, 1.165) is 5.69 Å². The van der Waals surface area contributed by atoms with E-state index in [1.807, 2.05) is 31.2 Å². The molecule has 0 unspecified atom stereocenters. The van der Waals surface area contributed by atoms with Crippen LogP contribution in [0.4, 0.5) is 10.5 Å². The highest BCUT2D eigenvalue weighted by molar-refractivity contribution is 6.01. The van der Waals surface area contributed by atoms with E-state index in [-0.39, 0.29) is 0 Å². The second kappa shape index (κ2) is 7.63. The fourth-order valence-corrected chi connectivity index (χ4v) is 3.17. The molecule has 30 heavy (non-hydrogen) atoms. The number of benzene rings is 1. The quantitative estimate of drug-likeness (QED) is 0.268. The molecule has 1 aromatic carbocycles. The van der Waals surface area contributed by atoms with E-state index in [1.54, 1.807) is 42.1 Å². The third kappa shape index (κ3) is 3.55. The maximum atomic E-state index is 11.4. The van der Waals surface area contributed by atoms with Crippen LogP contribution in [-0.4, -0.2) is 41.9 Å². The summed E-state index contributed by atoms with van der Waals surface area (Å²) in [5.41, 5.74) is 4.05. The molecule has 3 aromatic heterocycles. The number of rotatable bonds is 4. The van der Waals surface area contributed by atoms with Gasteiger partial charge in [0.25, 0.3) is 0 Å². The Bertz CT molecular complexity index is 1300. The molecule has 0 bridgehead atoms. The van der Waals surface area contributed by atoms with Gasteiger partial charge >= 0.3 is 6.09 Å². The zero-order valence-corrected chi connectivity index (χ0v) is 16.2. The van der Waals surface area contributed by atoms with Crippen LogP contribution in [0.25, 0.3) is 28.0 Å². The number of amides is 1. The summed E-state index contributed by atoms with van der Waals surface area (Å²) in [6, 6.07) is 14.5. The average molecular weight is 402 g/mol. The van der Waals surface area contributed by atoms with Crippen LogP contribution in [0.5, 0.6) is 0 Å². The molecule has 0 radical (unpaired) electrons. The van der Waals surface area contributed by atoms with Gasteiger partial charge in [-0.3, -0.25) is 5.32 Å². The molecule has 9 nitrogen and oxygen atoms in total. The minimum Gasteiger partial charge on any atom is -0.465 e. The number of oxime groups is 1. The lowest BCUT2D eigenvalue weighted by molar-refractivity contribution is 0.210. The van der Waals surface area contributed by atoms with E-state index in [9.17, 15) is 9.90 Å². The summed E-state index contributed by atoms with van der Waals surface area (Å²) < 4.78 is 1.66. The van der Waals surface area contributed by atoms with E-state index >= 15 is 0 Å². The van der Waals surface area contributed by atoms with Gasteiger partial charge in [-0.1, -0.05) is 17.3 Å². The minimum atomic E-state index is -1.18. The first-order valence-corrected chi connectivity index (χ1v) is 9.08. The molecule has 3 N–H and O–H groups in total. The third-order valence-electron chi connectivity index (χ3n) is 4.59. The normalized spacial score (nSPS) is 11.6. The summed E-state index contributed by atoms with van der Waals surface area (Å²) in [4.78, 5) is 20.4. The van der Waals surface area contributed by atoms with Crippen molar-refractivity contribution in [2.45, 2.75) is 13.8 Å². The van der Waals surface area contributed by atoms with Crippen molar-refractivity contribution in [3.63, 3.8) is 0 Å². The fraction of sp³-hybridized carbons (Fsp3) is 0.0952. The number of aromatic nitrogens is 4. The molecule has 0 aliphatic carbocycles. The topological polar surface area (TPSA) is 126 Å². The molecule has 0 fully saturated rings. The first-order valence-electron chi connectivity index (χ1n) is 9.08. The van der Waals surface area contributed by atoms with Crippen molar-refractivity contribution in [3.8, 4) is 17.1 Å². The van der Waals surface area contributed by atoms with E-state index in [2.05, 4.69) is 25.5 Å². The molecule has 0 saturated heterocycles. The molecule has 1 amide bonds. The first kappa shape index (κ1) is 19.1. The molecule has 150 valence electrons. The molecule has 4 aromatic rings. The van der Waals surface area contributed by atoms with Crippen LogP contribution < -0.4 is 5.32 Å². The van der Waals surface area contributed by atoms with Crippen molar-refractivity contribution >= 4 is 28.4 Å². The molecule has 0 atom stereocenters. The van der Waals surface area contributed by atoms with Gasteiger partial charge in [0.1, 0.15) is 5.71 Å². The van der Waals surface area contributed by atoms with Crippen LogP contribution >= 0.6 is 0 Å². The Labute approximate surface area is 171 Å². The van der Waals surface area contributed by atoms with E-state index in [1.165, 1.54) is 0 Å². The Kier molecular flexibility index (Phi) is 4.85. The zero-order valence-electron chi connectivity index (χ0n) is 16.2. The van der Waals surface area contributed by atoms with Gasteiger partial charge in [-0.05, 0) is 50.2 Å². The van der Waals surface area contributed by atoms with E-state index < -0.39 is 6.09 Å². The van der Waals surface area contributed by atoms with E-state index in [0.29, 0.717) is 45.1 Å². The van der Waals surface area contributed by atoms with Crippen molar-refractivity contribution in [3.05, 3.63) is 66.1 Å². The van der Waals surface area contributed by atoms with Gasteiger partial charge in [0.15, 0.2) is 5.82 Å². The lowest BCUT2D eigenvalue weighted by Gasteiger charge is -2.10. The van der Waals surface area contributed by atoms with Crippen LogP contribution in [0.2, 0.25) is 0 Å². The van der Waals surface area contributed by atoms with Crippen LogP contribution in [0, 0.1) is 6.92 Å². The maximum absolute atomic E-state index is 11.4. The Morgan fingerprint density at radius 1 is 1.13 bits per heavy atom. The van der Waals surface area contributed by atoms with Crippen LogP contribution in [-0.2, 0) is 0 Å². The Balaban J connectivity index is 1.95. The molecule has 3 heterocycles. The SMILES string of the molecule is C/C(=N\O)c1cccc(-c2cc(NC(=O)O)c3cnn(-c4cccc(C)n4)c3c2)n1. The van der Waals surface area contributed by atoms with Gasteiger partial charge in [0, 0.05) is 16.6 Å². The van der Waals surface area contributed by atoms with Crippen molar-refractivity contribution in [2.75, 3.05) is 5.32 Å². The number of carbonyl (C=O) groups is 1. The lowest BCUT2D eigenvalue weighted by atomic mass is 10.1. The van der Waals surface area contributed by atoms with E-state index in [4.69, 9.17) is 5.21 Å². The van der Waals surface area contributed by atoms with Crippen LogP contribution in [0.3, 0.4) is 0 Å². The molecular formula is C21H18N6O3. The summed E-state index contributed by atoms with van der Waals surface area (Å²) in [6.45, 7) is 3.53. The second-order valence-electron chi connectivity index (χ2n) is 6.67. The molecule has 0 aliphatic rings. The highest BCUT2D eigenvalue weighted by Gasteiger charge is 2.15. The third-order valence-corrected chi connectivity index (χ3v) is 4.59. The Morgan fingerprint density at radius 2 is 1.93 bits per heavy atom. The summed E-state index contributed by atoms with van der Waals surface area (Å²) >= 11 is 0. The Morgan fingerprint density at radius 3 is 2.67 bits per heavy atom. The first-order chi connectivity index (χ1) is 14.5. The standard InChI is InChI=1S/C21H18N6O3/c1-12-5-3-8-20(23-12)27-19-10-14(9-18(25-21(28)29)15(19)11-22-27)17-7-4-6-16(24-17)13(2)26-30/h3-11,25,30H,1-2H3,(H,28,29)/b26-13+. The van der Waals surface area contributed by atoms with Crippen LogP contribution in [0.15, 0.2) is 59.9 Å². The van der Waals surface area contributed by atoms with Crippen molar-refractivity contribution in [1.29, 1.82) is 0 Å². The molecule has 0 spiro atoms. The highest BCUT2D eigenvalue weighted by atomic mass is 16.4. The number of aryl methyl sites for hydroxylation is 1. The molecule has 9 heteroatoms. The average Bonchev–Trinajstić information content (AvgIpc) is 3.17. The van der Waals surface area contributed by atoms with Gasteiger partial charge in [-0.15, -0.1) is 0 Å². The number of nitrogens with zero attached hydrogens (tertiary/aromatic N) is 5. The predicted octanol–water partition coefficient (Wildman–Crippen LogP) is 4.08. The number of fused-ring (bicyclic) bond motifs is 1. The van der Waals surface area contributed by atoms with Crippen molar-refractivity contribution < 1.29 is 15.1 Å². The smallest absolute Gasteiger partial charge is 0.409 e. The zero-order chi connectivity index (χ0) is 21.3. The summed E-state index contributed by atoms with van der Waals surface area (Å²) in [6.07, 6.45) is 0.417. The number of pyridine rings is 2. The number of nitrogens with one attached hydrogen (secondary N) is 1. The summed E-state index contributed by atoms with van der Waals surface area (Å²) in [7, 11) is 0. The van der Waals surface area contributed by atoms with Crippen LogP contribution in [0.1, 0.15) is 18.3 Å². The number of hydrogen-bond donors (Lipinski definition) is 3. The molecular weight excluding hydrogens is 384 g/mol. The monoisotopic (exact) mass is 402 g/mol. The van der Waals surface area contributed by atoms with Gasteiger partial charge < -0.3 is 10.3 Å². The second-order valence-corrected chi connectivity index (χ2v) is 6.67.